The first-order chi connectivity index (χ1) is 6.32. The van der Waals surface area contributed by atoms with Crippen LogP contribution in [0.15, 0.2) is 0 Å². The number of carboxylic acid groups (broad SMARTS) is 1. The zero-order valence-corrected chi connectivity index (χ0v) is 7.94. The third-order valence-electron chi connectivity index (χ3n) is 1.77. The summed E-state index contributed by atoms with van der Waals surface area (Å²) in [5.41, 5.74) is 0. The molecule has 1 atom stereocenters. The Bertz CT molecular complexity index is 312. The van der Waals surface area contributed by atoms with Crippen LogP contribution in [0.3, 0.4) is 0 Å². The van der Waals surface area contributed by atoms with Gasteiger partial charge in [-0.1, -0.05) is 0 Å². The zero-order valence-electron chi connectivity index (χ0n) is 7.04. The van der Waals surface area contributed by atoms with E-state index in [0.29, 0.717) is 4.67 Å². The van der Waals surface area contributed by atoms with Crippen LogP contribution < -0.4 is 5.32 Å². The molecule has 1 saturated heterocycles. The number of aliphatic carboxylic acids is 1. The molecule has 9 heteroatoms. The largest absolute Gasteiger partial charge is 0.481 e. The van der Waals surface area contributed by atoms with E-state index in [9.17, 15) is 9.36 Å². The Morgan fingerprint density at radius 1 is 1.71 bits per heavy atom. The van der Waals surface area contributed by atoms with Gasteiger partial charge in [-0.25, -0.2) is 9.24 Å². The van der Waals surface area contributed by atoms with Gasteiger partial charge in [-0.3, -0.25) is 10.2 Å². The summed E-state index contributed by atoms with van der Waals surface area (Å²) in [6.45, 7) is 0.0518. The molecular formula is C5H10N3O5P. The summed E-state index contributed by atoms with van der Waals surface area (Å²) in [6, 6.07) is -0.874. The number of rotatable bonds is 3. The second-order valence-electron chi connectivity index (χ2n) is 2.84. The van der Waals surface area contributed by atoms with E-state index in [0.717, 1.165) is 0 Å². The average molecular weight is 223 g/mol. The van der Waals surface area contributed by atoms with Crippen molar-refractivity contribution in [2.24, 2.45) is 0 Å². The van der Waals surface area contributed by atoms with Gasteiger partial charge in [0.2, 0.25) is 5.96 Å². The topological polar surface area (TPSA) is 134 Å². The van der Waals surface area contributed by atoms with Gasteiger partial charge in [0.15, 0.2) is 0 Å². The van der Waals surface area contributed by atoms with Crippen molar-refractivity contribution in [3.63, 3.8) is 0 Å². The summed E-state index contributed by atoms with van der Waals surface area (Å²) in [4.78, 5) is 28.0. The first-order valence-electron chi connectivity index (χ1n) is 3.72. The highest BCUT2D eigenvalue weighted by atomic mass is 31.2. The standard InChI is InChI=1S/C5H10N3O5P/c6-5-7-2-3(1-4(9)10)8(5)14(11,12)13/h3H,1-2H2,(H2,6,7)(H,9,10)(H2,11,12,13). The van der Waals surface area contributed by atoms with Crippen LogP contribution in [0.1, 0.15) is 6.42 Å². The fraction of sp³-hybridized carbons (Fsp3) is 0.600. The van der Waals surface area contributed by atoms with E-state index in [4.69, 9.17) is 20.3 Å². The van der Waals surface area contributed by atoms with E-state index in [-0.39, 0.29) is 6.54 Å². The van der Waals surface area contributed by atoms with Gasteiger partial charge in [-0.05, 0) is 0 Å². The molecule has 1 unspecified atom stereocenters. The Hall–Kier alpha value is -1.11. The molecule has 0 bridgehead atoms. The third kappa shape index (κ3) is 2.22. The van der Waals surface area contributed by atoms with Crippen molar-refractivity contribution in [2.75, 3.05) is 6.54 Å². The highest BCUT2D eigenvalue weighted by Crippen LogP contribution is 2.43. The second kappa shape index (κ2) is 3.56. The van der Waals surface area contributed by atoms with Crippen LogP contribution in [-0.4, -0.2) is 44.1 Å². The fourth-order valence-corrected chi connectivity index (χ4v) is 2.19. The van der Waals surface area contributed by atoms with E-state index in [1.54, 1.807) is 0 Å². The van der Waals surface area contributed by atoms with Crippen LogP contribution in [0.5, 0.6) is 0 Å². The second-order valence-corrected chi connectivity index (χ2v) is 4.30. The van der Waals surface area contributed by atoms with Gasteiger partial charge in [0.25, 0.3) is 0 Å². The predicted molar refractivity (Wildman–Crippen MR) is 45.7 cm³/mol. The summed E-state index contributed by atoms with van der Waals surface area (Å²) in [5.74, 6) is -1.60. The molecular weight excluding hydrogens is 213 g/mol. The highest BCUT2D eigenvalue weighted by molar-refractivity contribution is 7.50. The first kappa shape index (κ1) is 11.0. The third-order valence-corrected chi connectivity index (χ3v) is 2.86. The average Bonchev–Trinajstić information content (AvgIpc) is 2.28. The van der Waals surface area contributed by atoms with Crippen molar-refractivity contribution in [1.82, 2.24) is 9.99 Å². The number of nitrogens with one attached hydrogen (secondary N) is 2. The van der Waals surface area contributed by atoms with Gasteiger partial charge in [-0.2, -0.15) is 0 Å². The first-order valence-corrected chi connectivity index (χ1v) is 5.28. The lowest BCUT2D eigenvalue weighted by Gasteiger charge is -2.23. The van der Waals surface area contributed by atoms with Crippen LogP contribution in [0.2, 0.25) is 0 Å². The molecule has 14 heavy (non-hydrogen) atoms. The molecule has 8 nitrogen and oxygen atoms in total. The van der Waals surface area contributed by atoms with Crippen LogP contribution in [0.25, 0.3) is 0 Å². The van der Waals surface area contributed by atoms with Crippen LogP contribution in [-0.2, 0) is 9.36 Å². The number of carbonyl (C=O) groups is 1. The molecule has 0 saturated carbocycles. The molecule has 1 aliphatic rings. The lowest BCUT2D eigenvalue weighted by atomic mass is 10.2. The van der Waals surface area contributed by atoms with Gasteiger partial charge in [0.05, 0.1) is 12.5 Å². The number of carboxylic acids is 1. The van der Waals surface area contributed by atoms with E-state index in [2.05, 4.69) is 5.32 Å². The molecule has 0 radical (unpaired) electrons. The Morgan fingerprint density at radius 2 is 2.29 bits per heavy atom. The summed E-state index contributed by atoms with van der Waals surface area (Å²) in [7, 11) is -4.60. The van der Waals surface area contributed by atoms with Crippen LogP contribution in [0.4, 0.5) is 0 Å². The van der Waals surface area contributed by atoms with Crippen molar-refractivity contribution in [2.45, 2.75) is 12.5 Å². The molecule has 1 aliphatic heterocycles. The Labute approximate surface area is 79.3 Å². The molecule has 0 aromatic rings. The molecule has 5 N–H and O–H groups in total. The van der Waals surface area contributed by atoms with Gasteiger partial charge < -0.3 is 20.2 Å². The molecule has 1 heterocycles. The Morgan fingerprint density at radius 3 is 2.71 bits per heavy atom. The minimum Gasteiger partial charge on any atom is -0.481 e. The molecule has 1 rings (SSSR count). The van der Waals surface area contributed by atoms with Gasteiger partial charge >= 0.3 is 13.7 Å². The van der Waals surface area contributed by atoms with Gasteiger partial charge in [0, 0.05) is 6.54 Å². The lowest BCUT2D eigenvalue weighted by molar-refractivity contribution is -0.137. The number of guanidine groups is 1. The maximum atomic E-state index is 10.9. The van der Waals surface area contributed by atoms with Crippen molar-refractivity contribution in [1.29, 1.82) is 5.41 Å². The molecule has 0 aromatic carbocycles. The van der Waals surface area contributed by atoms with Crippen molar-refractivity contribution in [3.8, 4) is 0 Å². The van der Waals surface area contributed by atoms with Crippen LogP contribution >= 0.6 is 7.75 Å². The monoisotopic (exact) mass is 223 g/mol. The van der Waals surface area contributed by atoms with Crippen molar-refractivity contribution in [3.05, 3.63) is 0 Å². The summed E-state index contributed by atoms with van der Waals surface area (Å²) >= 11 is 0. The maximum absolute atomic E-state index is 10.9. The van der Waals surface area contributed by atoms with E-state index in [1.165, 1.54) is 0 Å². The smallest absolute Gasteiger partial charge is 0.432 e. The number of hydrogen-bond acceptors (Lipinski definition) is 3. The minimum absolute atomic E-state index is 0.0518. The maximum Gasteiger partial charge on any atom is 0.432 e. The number of nitrogens with zero attached hydrogens (tertiary/aromatic N) is 1. The van der Waals surface area contributed by atoms with E-state index in [1.807, 2.05) is 0 Å². The van der Waals surface area contributed by atoms with Crippen molar-refractivity contribution < 1.29 is 24.3 Å². The quantitative estimate of drug-likeness (QED) is 0.378. The zero-order chi connectivity index (χ0) is 10.9. The Kier molecular flexibility index (Phi) is 2.79. The molecule has 80 valence electrons. The molecule has 0 amide bonds. The summed E-state index contributed by atoms with van der Waals surface area (Å²) < 4.78 is 11.4. The lowest BCUT2D eigenvalue weighted by Crippen LogP contribution is -2.33. The molecule has 1 fully saturated rings. The van der Waals surface area contributed by atoms with Crippen LogP contribution in [0, 0.1) is 5.41 Å². The van der Waals surface area contributed by atoms with E-state index >= 15 is 0 Å². The fourth-order valence-electron chi connectivity index (χ4n) is 1.27. The van der Waals surface area contributed by atoms with Gasteiger partial charge in [-0.15, -0.1) is 0 Å². The molecule has 0 aliphatic carbocycles. The molecule has 0 spiro atoms. The normalized spacial score (nSPS) is 22.3. The highest BCUT2D eigenvalue weighted by Gasteiger charge is 2.40. The summed E-state index contributed by atoms with van der Waals surface area (Å²) in [5, 5.41) is 18.0. The van der Waals surface area contributed by atoms with Gasteiger partial charge in [0.1, 0.15) is 0 Å². The molecule has 0 aromatic heterocycles. The van der Waals surface area contributed by atoms with Crippen molar-refractivity contribution >= 4 is 19.7 Å². The number of hydrogen-bond donors (Lipinski definition) is 5. The predicted octanol–water partition coefficient (Wildman–Crippen LogP) is -1.24. The summed E-state index contributed by atoms with van der Waals surface area (Å²) in [6.07, 6.45) is -0.416. The van der Waals surface area contributed by atoms with E-state index < -0.39 is 32.1 Å². The Balaban J connectivity index is 2.82. The minimum atomic E-state index is -4.60. The SMILES string of the molecule is N=C1NCC(CC(=O)O)N1P(=O)(O)O.